The minimum absolute atomic E-state index is 0.0899. The van der Waals surface area contributed by atoms with Gasteiger partial charge in [-0.25, -0.2) is 15.0 Å². The molecule has 0 spiro atoms. The smallest absolute Gasteiger partial charge is 0.248 e. The monoisotopic (exact) mass is 711 g/mol. The Hall–Kier alpha value is -3.93. The number of nitrogens with one attached hydrogen (secondary N) is 1. The highest BCUT2D eigenvalue weighted by molar-refractivity contribution is 9.10. The van der Waals surface area contributed by atoms with E-state index in [1.165, 1.54) is 6.92 Å². The molecule has 6 rings (SSSR count). The summed E-state index contributed by atoms with van der Waals surface area (Å²) in [4.78, 5) is 54.7. The quantitative estimate of drug-likeness (QED) is 0.108. The lowest BCUT2D eigenvalue weighted by atomic mass is 9.64. The maximum Gasteiger partial charge on any atom is 0.248 e. The maximum absolute atomic E-state index is 13.8. The van der Waals surface area contributed by atoms with Gasteiger partial charge in [-0.1, -0.05) is 39.1 Å². The second-order valence-corrected chi connectivity index (χ2v) is 13.5. The number of Topliss-reactive ketones (excluding diaryl/α,β-unsaturated/α-hetero) is 1. The van der Waals surface area contributed by atoms with Crippen molar-refractivity contribution in [2.24, 2.45) is 11.8 Å². The van der Waals surface area contributed by atoms with Gasteiger partial charge in [-0.15, -0.1) is 0 Å². The number of likely N-dealkylation sites (tertiary alicyclic amines) is 1. The van der Waals surface area contributed by atoms with Gasteiger partial charge < -0.3 is 10.2 Å². The topological polar surface area (TPSA) is 123 Å². The first kappa shape index (κ1) is 35.4. The molecule has 4 atom stereocenters. The standard InChI is InChI=1S/C34H37BBrN7O3.C2H6/c1-19(15-35)12-22-9-10-24(22)26-14-29-27(13-25(26)23-16-37-21(3)38-17-23)33(20(2)44)41-43(29)18-32(45)42-11-5-6-28(42)34(46)40-31-8-4-7-30(36)39-31;1-2/h4,7-8,13-14,16-17,19,22,24,28H,5-6,9-12,15,18H2,1-3H3,(H,39,40,46);1-2H3. The summed E-state index contributed by atoms with van der Waals surface area (Å²) in [6.45, 7) is 9.91. The third kappa shape index (κ3) is 7.53. The van der Waals surface area contributed by atoms with Crippen molar-refractivity contribution in [1.82, 2.24) is 29.6 Å². The van der Waals surface area contributed by atoms with Crippen LogP contribution in [0.1, 0.15) is 87.6 Å². The van der Waals surface area contributed by atoms with Crippen LogP contribution in [-0.4, -0.2) is 67.7 Å². The molecule has 12 heteroatoms. The van der Waals surface area contributed by atoms with Crippen LogP contribution in [0.2, 0.25) is 6.32 Å². The molecular formula is C36H43BBrN7O3. The van der Waals surface area contributed by atoms with Crippen LogP contribution >= 0.6 is 15.9 Å². The Morgan fingerprint density at radius 1 is 1.10 bits per heavy atom. The SMILES string of the molecule is CC.[B]CC(C)CC1CCC1c1cc2c(cc1-c1cnc(C)nc1)c(C(C)=O)nn2CC(=O)N1CCCC1C(=O)Nc1cccc(Br)n1. The third-order valence-electron chi connectivity index (χ3n) is 9.40. The number of aromatic nitrogens is 5. The molecule has 4 heterocycles. The van der Waals surface area contributed by atoms with Crippen molar-refractivity contribution in [2.75, 3.05) is 11.9 Å². The highest BCUT2D eigenvalue weighted by Crippen LogP contribution is 2.49. The lowest BCUT2D eigenvalue weighted by molar-refractivity contribution is -0.137. The molecule has 1 saturated carbocycles. The zero-order chi connectivity index (χ0) is 34.5. The van der Waals surface area contributed by atoms with E-state index in [0.717, 1.165) is 41.5 Å². The minimum Gasteiger partial charge on any atom is -0.329 e. The summed E-state index contributed by atoms with van der Waals surface area (Å²) in [5, 5.41) is 8.20. The van der Waals surface area contributed by atoms with Crippen LogP contribution in [-0.2, 0) is 16.1 Å². The molecule has 48 heavy (non-hydrogen) atoms. The van der Waals surface area contributed by atoms with Crippen molar-refractivity contribution in [3.8, 4) is 11.1 Å². The van der Waals surface area contributed by atoms with Crippen LogP contribution < -0.4 is 5.32 Å². The van der Waals surface area contributed by atoms with Crippen molar-refractivity contribution in [3.63, 3.8) is 0 Å². The van der Waals surface area contributed by atoms with Gasteiger partial charge in [0.25, 0.3) is 0 Å². The zero-order valence-electron chi connectivity index (χ0n) is 28.4. The number of hydrogen-bond acceptors (Lipinski definition) is 7. The molecule has 1 aliphatic carbocycles. The molecule has 4 unspecified atom stereocenters. The summed E-state index contributed by atoms with van der Waals surface area (Å²) in [5.41, 5.74) is 4.03. The third-order valence-corrected chi connectivity index (χ3v) is 9.84. The van der Waals surface area contributed by atoms with E-state index in [4.69, 9.17) is 7.85 Å². The predicted molar refractivity (Wildman–Crippen MR) is 192 cm³/mol. The summed E-state index contributed by atoms with van der Waals surface area (Å²) in [6.07, 6.45) is 8.77. The summed E-state index contributed by atoms with van der Waals surface area (Å²) in [7, 11) is 5.99. The van der Waals surface area contributed by atoms with Crippen LogP contribution in [0.4, 0.5) is 5.82 Å². The van der Waals surface area contributed by atoms with Gasteiger partial charge >= 0.3 is 0 Å². The minimum atomic E-state index is -0.619. The fraction of sp³-hybridized carbons (Fsp3) is 0.472. The number of carbonyl (C=O) groups is 3. The molecule has 2 fully saturated rings. The van der Waals surface area contributed by atoms with Crippen LogP contribution in [0.15, 0.2) is 47.3 Å². The summed E-state index contributed by atoms with van der Waals surface area (Å²) >= 11 is 3.33. The number of aryl methyl sites for hydroxylation is 1. The average molecular weight is 713 g/mol. The number of hydrogen-bond donors (Lipinski definition) is 1. The first-order chi connectivity index (χ1) is 23.1. The van der Waals surface area contributed by atoms with Gasteiger partial charge in [0.05, 0.1) is 13.4 Å². The normalized spacial score (nSPS) is 19.3. The Balaban J connectivity index is 0.00000221. The molecular weight excluding hydrogens is 669 g/mol. The molecule has 0 bridgehead atoms. The van der Waals surface area contributed by atoms with Crippen molar-refractivity contribution >= 4 is 58.1 Å². The van der Waals surface area contributed by atoms with E-state index >= 15 is 0 Å². The number of amides is 2. The van der Waals surface area contributed by atoms with Crippen LogP contribution in [0.25, 0.3) is 22.0 Å². The molecule has 2 aliphatic rings. The first-order valence-corrected chi connectivity index (χ1v) is 17.7. The molecule has 1 aromatic carbocycles. The van der Waals surface area contributed by atoms with Crippen molar-refractivity contribution in [3.05, 3.63) is 64.4 Å². The average Bonchev–Trinajstić information content (AvgIpc) is 3.70. The van der Waals surface area contributed by atoms with Gasteiger partial charge in [0.15, 0.2) is 5.78 Å². The van der Waals surface area contributed by atoms with Gasteiger partial charge in [-0.2, -0.15) is 5.10 Å². The van der Waals surface area contributed by atoms with E-state index in [2.05, 4.69) is 54.3 Å². The number of fused-ring (bicyclic) bond motifs is 1. The van der Waals surface area contributed by atoms with Gasteiger partial charge in [-0.3, -0.25) is 19.1 Å². The number of pyridine rings is 1. The van der Waals surface area contributed by atoms with Crippen molar-refractivity contribution in [2.45, 2.75) is 91.5 Å². The van der Waals surface area contributed by atoms with E-state index in [1.807, 2.05) is 39.2 Å². The van der Waals surface area contributed by atoms with Crippen LogP contribution in [0.5, 0.6) is 0 Å². The molecule has 2 radical (unpaired) electrons. The Morgan fingerprint density at radius 3 is 2.50 bits per heavy atom. The molecule has 1 N–H and O–H groups in total. The Labute approximate surface area is 292 Å². The lowest BCUT2D eigenvalue weighted by Crippen LogP contribution is -2.44. The maximum atomic E-state index is 13.8. The molecule has 10 nitrogen and oxygen atoms in total. The Bertz CT molecular complexity index is 1790. The number of anilines is 1. The highest BCUT2D eigenvalue weighted by Gasteiger charge is 2.37. The fourth-order valence-electron chi connectivity index (χ4n) is 6.82. The number of rotatable bonds is 10. The van der Waals surface area contributed by atoms with E-state index in [-0.39, 0.29) is 24.1 Å². The molecule has 2 amide bonds. The predicted octanol–water partition coefficient (Wildman–Crippen LogP) is 6.92. The molecule has 1 aliphatic heterocycles. The van der Waals surface area contributed by atoms with Crippen LogP contribution in [0.3, 0.4) is 0 Å². The molecule has 3 aromatic heterocycles. The number of halogens is 1. The largest absolute Gasteiger partial charge is 0.329 e. The van der Waals surface area contributed by atoms with Gasteiger partial charge in [0, 0.05) is 36.8 Å². The lowest BCUT2D eigenvalue weighted by Gasteiger charge is -2.39. The second kappa shape index (κ2) is 15.5. The number of nitrogens with zero attached hydrogens (tertiary/aromatic N) is 6. The van der Waals surface area contributed by atoms with Crippen LogP contribution in [0, 0.1) is 18.8 Å². The van der Waals surface area contributed by atoms with Crippen molar-refractivity contribution in [1.29, 1.82) is 0 Å². The fourth-order valence-corrected chi connectivity index (χ4v) is 7.17. The number of ketones is 1. The Morgan fingerprint density at radius 2 is 1.85 bits per heavy atom. The van der Waals surface area contributed by atoms with E-state index in [1.54, 1.807) is 27.8 Å². The molecule has 1 saturated heterocycles. The van der Waals surface area contributed by atoms with E-state index < -0.39 is 6.04 Å². The summed E-state index contributed by atoms with van der Waals surface area (Å²) in [6, 6.07) is 8.78. The van der Waals surface area contributed by atoms with Gasteiger partial charge in [0.1, 0.15) is 34.5 Å². The Kier molecular flexibility index (Phi) is 11.4. The summed E-state index contributed by atoms with van der Waals surface area (Å²) in [5.74, 6) is 1.61. The second-order valence-electron chi connectivity index (χ2n) is 12.6. The molecule has 250 valence electrons. The van der Waals surface area contributed by atoms with Gasteiger partial charge in [0.2, 0.25) is 11.8 Å². The summed E-state index contributed by atoms with van der Waals surface area (Å²) < 4.78 is 2.24. The molecule has 4 aromatic rings. The highest BCUT2D eigenvalue weighted by atomic mass is 79.9. The van der Waals surface area contributed by atoms with Gasteiger partial charge in [-0.05, 0) is 102 Å². The van der Waals surface area contributed by atoms with E-state index in [9.17, 15) is 14.4 Å². The van der Waals surface area contributed by atoms with E-state index in [0.29, 0.717) is 70.8 Å². The number of carbonyl (C=O) groups excluding carboxylic acids is 3. The van der Waals surface area contributed by atoms with Crippen molar-refractivity contribution < 1.29 is 14.4 Å². The zero-order valence-corrected chi connectivity index (χ0v) is 30.0. The first-order valence-electron chi connectivity index (χ1n) is 16.9. The number of benzene rings is 1.